The smallest absolute Gasteiger partial charge is 0.333 e. The van der Waals surface area contributed by atoms with Crippen molar-refractivity contribution in [3.05, 3.63) is 71.5 Å². The van der Waals surface area contributed by atoms with E-state index in [0.717, 1.165) is 6.08 Å². The molecule has 2 amide bonds. The van der Waals surface area contributed by atoms with E-state index in [9.17, 15) is 29.1 Å². The van der Waals surface area contributed by atoms with E-state index in [1.54, 1.807) is 12.1 Å². The minimum absolute atomic E-state index is 0.0759. The molecule has 15 heteroatoms. The summed E-state index contributed by atoms with van der Waals surface area (Å²) in [6.45, 7) is 4.32. The van der Waals surface area contributed by atoms with Gasteiger partial charge < -0.3 is 34.7 Å². The molecule has 3 atom stereocenters. The summed E-state index contributed by atoms with van der Waals surface area (Å²) in [5.74, 6) is -3.10. The normalized spacial score (nSPS) is 13.5. The Morgan fingerprint density at radius 2 is 1.15 bits per heavy atom. The van der Waals surface area contributed by atoms with Crippen molar-refractivity contribution in [2.75, 3.05) is 14.2 Å². The van der Waals surface area contributed by atoms with E-state index in [1.165, 1.54) is 83.6 Å². The van der Waals surface area contributed by atoms with E-state index in [2.05, 4.69) is 10.6 Å². The summed E-state index contributed by atoms with van der Waals surface area (Å²) in [6.07, 6.45) is 6.45. The quantitative estimate of drug-likeness (QED) is 0.0589. The number of amides is 2. The SMILES string of the molecule is COc1cc(/C=C/C(=O)/C=C(O)/C=C/c2ccc(OC(=O)[C@H](C)NC(=O)C(Cl)Cl)c(OC)c2)ccc1OC(=O)[C@H](C)NC(=O)C(C)Cl. The standard InChI is InChI=1S/C32H33Cl3N2O10/c1-17(33)29(40)36-18(2)31(42)46-24-12-8-20(14-26(24)44-4)6-10-22(38)16-23(39)11-7-21-9-13-25(27(15-21)45-5)47-32(43)19(3)37-30(41)28(34)35/h6-19,28,39H,1-5H3,(H,36,40)(H,37,41)/b10-6+,11-7+,23-16-/t17?,18-,19-/m0/s1. The Balaban J connectivity index is 2.04. The van der Waals surface area contributed by atoms with Crippen LogP contribution in [0.2, 0.25) is 0 Å². The largest absolute Gasteiger partial charge is 0.508 e. The van der Waals surface area contributed by atoms with Gasteiger partial charge in [-0.1, -0.05) is 47.5 Å². The number of ketones is 1. The van der Waals surface area contributed by atoms with Gasteiger partial charge >= 0.3 is 11.9 Å². The number of alkyl halides is 3. The van der Waals surface area contributed by atoms with Crippen molar-refractivity contribution in [3.8, 4) is 23.0 Å². The molecule has 0 aliphatic carbocycles. The maximum Gasteiger partial charge on any atom is 0.333 e. The molecule has 0 saturated carbocycles. The van der Waals surface area contributed by atoms with E-state index in [1.807, 2.05) is 0 Å². The lowest BCUT2D eigenvalue weighted by Crippen LogP contribution is -2.43. The van der Waals surface area contributed by atoms with Crippen molar-refractivity contribution < 1.29 is 48.0 Å². The molecule has 2 rings (SSSR count). The first-order valence-corrected chi connectivity index (χ1v) is 15.1. The van der Waals surface area contributed by atoms with Crippen molar-refractivity contribution in [2.24, 2.45) is 0 Å². The van der Waals surface area contributed by atoms with E-state index in [4.69, 9.17) is 53.8 Å². The summed E-state index contributed by atoms with van der Waals surface area (Å²) in [7, 11) is 2.73. The number of allylic oxidation sites excluding steroid dienone is 3. The van der Waals surface area contributed by atoms with Crippen molar-refractivity contribution in [3.63, 3.8) is 0 Å². The average Bonchev–Trinajstić information content (AvgIpc) is 3.03. The molecule has 0 saturated heterocycles. The van der Waals surface area contributed by atoms with Gasteiger partial charge in [-0.05, 0) is 68.3 Å². The third-order valence-corrected chi connectivity index (χ3v) is 6.55. The lowest BCUT2D eigenvalue weighted by Gasteiger charge is -2.15. The minimum atomic E-state index is -1.34. The van der Waals surface area contributed by atoms with Crippen LogP contribution in [0.4, 0.5) is 0 Å². The Labute approximate surface area is 286 Å². The lowest BCUT2D eigenvalue weighted by atomic mass is 10.1. The molecule has 2 aromatic rings. The second-order valence-electron chi connectivity index (χ2n) is 9.68. The number of benzene rings is 2. The van der Waals surface area contributed by atoms with Gasteiger partial charge in [0.25, 0.3) is 5.91 Å². The van der Waals surface area contributed by atoms with E-state index >= 15 is 0 Å². The second kappa shape index (κ2) is 18.6. The number of nitrogens with one attached hydrogen (secondary N) is 2. The van der Waals surface area contributed by atoms with Gasteiger partial charge in [-0.25, -0.2) is 9.59 Å². The van der Waals surface area contributed by atoms with Crippen molar-refractivity contribution >= 4 is 76.5 Å². The molecule has 0 aromatic heterocycles. The number of esters is 2. The Bertz CT molecular complexity index is 1570. The van der Waals surface area contributed by atoms with E-state index in [0.29, 0.717) is 11.1 Å². The molecule has 0 heterocycles. The van der Waals surface area contributed by atoms with Crippen LogP contribution in [0.1, 0.15) is 31.9 Å². The minimum Gasteiger partial charge on any atom is -0.508 e. The molecule has 0 radical (unpaired) electrons. The van der Waals surface area contributed by atoms with E-state index < -0.39 is 51.8 Å². The van der Waals surface area contributed by atoms with Crippen LogP contribution < -0.4 is 29.6 Å². The summed E-state index contributed by atoms with van der Waals surface area (Å²) in [5.41, 5.74) is 1.07. The number of aliphatic hydroxyl groups excluding tert-OH is 1. The topological polar surface area (TPSA) is 167 Å². The van der Waals surface area contributed by atoms with E-state index in [-0.39, 0.29) is 28.8 Å². The Hall–Kier alpha value is -4.52. The van der Waals surface area contributed by atoms with Gasteiger partial charge in [-0.15, -0.1) is 11.6 Å². The third kappa shape index (κ3) is 12.7. The highest BCUT2D eigenvalue weighted by Crippen LogP contribution is 2.30. The molecular weight excluding hydrogens is 679 g/mol. The molecule has 12 nitrogen and oxygen atoms in total. The first-order valence-electron chi connectivity index (χ1n) is 13.8. The molecule has 47 heavy (non-hydrogen) atoms. The maximum atomic E-state index is 12.4. The predicted molar refractivity (Wildman–Crippen MR) is 177 cm³/mol. The fourth-order valence-corrected chi connectivity index (χ4v) is 3.65. The van der Waals surface area contributed by atoms with Gasteiger partial charge in [0.1, 0.15) is 23.2 Å². The zero-order valence-corrected chi connectivity index (χ0v) is 28.2. The van der Waals surface area contributed by atoms with Crippen LogP contribution in [0.15, 0.2) is 60.4 Å². The fraction of sp³-hybridized carbons (Fsp3) is 0.281. The maximum absolute atomic E-state index is 12.4. The number of carbonyl (C=O) groups is 5. The molecule has 1 unspecified atom stereocenters. The predicted octanol–water partition coefficient (Wildman–Crippen LogP) is 4.69. The van der Waals surface area contributed by atoms with Crippen LogP contribution >= 0.6 is 34.8 Å². The third-order valence-electron chi connectivity index (χ3n) is 5.96. The van der Waals surface area contributed by atoms with Gasteiger partial charge in [0, 0.05) is 6.08 Å². The average molecular weight is 712 g/mol. The number of hydrogen-bond donors (Lipinski definition) is 3. The van der Waals surface area contributed by atoms with Crippen LogP contribution in [0.25, 0.3) is 12.2 Å². The molecular formula is C32H33Cl3N2O10. The molecule has 3 N–H and O–H groups in total. The van der Waals surface area contributed by atoms with Crippen LogP contribution in [-0.4, -0.2) is 71.2 Å². The van der Waals surface area contributed by atoms with Gasteiger partial charge in [0.15, 0.2) is 33.6 Å². The molecule has 0 aliphatic heterocycles. The molecule has 0 bridgehead atoms. The first kappa shape index (κ1) is 38.7. The number of halogens is 3. The van der Waals surface area contributed by atoms with Gasteiger partial charge in [0.2, 0.25) is 5.91 Å². The molecule has 0 aliphatic rings. The molecule has 252 valence electrons. The monoisotopic (exact) mass is 710 g/mol. The summed E-state index contributed by atoms with van der Waals surface area (Å²) >= 11 is 16.7. The summed E-state index contributed by atoms with van der Waals surface area (Å²) < 4.78 is 21.2. The zero-order valence-electron chi connectivity index (χ0n) is 25.9. The number of ether oxygens (including phenoxy) is 4. The van der Waals surface area contributed by atoms with Crippen molar-refractivity contribution in [1.82, 2.24) is 10.6 Å². The Morgan fingerprint density at radius 3 is 1.57 bits per heavy atom. The highest BCUT2D eigenvalue weighted by atomic mass is 35.5. The van der Waals surface area contributed by atoms with Crippen LogP contribution in [0, 0.1) is 0 Å². The summed E-state index contributed by atoms with van der Waals surface area (Å²) in [4.78, 5) is 59.1. The number of hydrogen-bond acceptors (Lipinski definition) is 10. The van der Waals surface area contributed by atoms with Crippen LogP contribution in [0.3, 0.4) is 0 Å². The fourth-order valence-electron chi connectivity index (χ4n) is 3.46. The van der Waals surface area contributed by atoms with Crippen LogP contribution in [-0.2, 0) is 24.0 Å². The van der Waals surface area contributed by atoms with Crippen LogP contribution in [0.5, 0.6) is 23.0 Å². The van der Waals surface area contributed by atoms with Crippen molar-refractivity contribution in [1.29, 1.82) is 0 Å². The van der Waals surface area contributed by atoms with Gasteiger partial charge in [-0.3, -0.25) is 14.4 Å². The van der Waals surface area contributed by atoms with Gasteiger partial charge in [0.05, 0.1) is 14.2 Å². The Kier molecular flexibility index (Phi) is 15.3. The molecule has 0 fully saturated rings. The Morgan fingerprint density at radius 1 is 0.702 bits per heavy atom. The highest BCUT2D eigenvalue weighted by Gasteiger charge is 2.23. The lowest BCUT2D eigenvalue weighted by molar-refractivity contribution is -0.139. The summed E-state index contributed by atoms with van der Waals surface area (Å²) in [6, 6.07) is 7.11. The summed E-state index contributed by atoms with van der Waals surface area (Å²) in [5, 5.41) is 14.2. The number of carbonyl (C=O) groups excluding carboxylic acids is 5. The first-order chi connectivity index (χ1) is 22.1. The molecule has 0 spiro atoms. The number of methoxy groups -OCH3 is 2. The zero-order chi connectivity index (χ0) is 35.3. The van der Waals surface area contributed by atoms with Crippen molar-refractivity contribution in [2.45, 2.75) is 43.1 Å². The number of aliphatic hydroxyl groups is 1. The second-order valence-corrected chi connectivity index (χ2v) is 11.4. The number of rotatable bonds is 15. The van der Waals surface area contributed by atoms with Gasteiger partial charge in [-0.2, -0.15) is 0 Å². The highest BCUT2D eigenvalue weighted by molar-refractivity contribution is 6.53. The molecule has 2 aromatic carbocycles.